The van der Waals surface area contributed by atoms with Gasteiger partial charge in [-0.15, -0.1) is 0 Å². The maximum Gasteiger partial charge on any atom is 0.134 e. The predicted molar refractivity (Wildman–Crippen MR) is 64.9 cm³/mol. The van der Waals surface area contributed by atoms with Gasteiger partial charge in [-0.3, -0.25) is 0 Å². The third kappa shape index (κ3) is 4.13. The van der Waals surface area contributed by atoms with E-state index in [1.165, 1.54) is 0 Å². The van der Waals surface area contributed by atoms with Gasteiger partial charge in [-0.2, -0.15) is 0 Å². The molecule has 0 aromatic heterocycles. The van der Waals surface area contributed by atoms with E-state index in [0.717, 1.165) is 0 Å². The number of benzene rings is 1. The maximum absolute atomic E-state index is 5.68. The molecule has 17 heavy (non-hydrogen) atoms. The molecular formula is C12H19NO4. The summed E-state index contributed by atoms with van der Waals surface area (Å²) in [6.07, 6.45) is -0.184. The Hall–Kier alpha value is -1.46. The van der Waals surface area contributed by atoms with Crippen LogP contribution in [0.4, 0.5) is 0 Å². The van der Waals surface area contributed by atoms with E-state index < -0.39 is 0 Å². The first kappa shape index (κ1) is 13.6. The monoisotopic (exact) mass is 241 g/mol. The van der Waals surface area contributed by atoms with Crippen molar-refractivity contribution in [3.05, 3.63) is 18.2 Å². The average Bonchev–Trinajstić information content (AvgIpc) is 2.37. The Bertz CT molecular complexity index is 321. The van der Waals surface area contributed by atoms with Crippen LogP contribution in [0.3, 0.4) is 0 Å². The Morgan fingerprint density at radius 1 is 1.00 bits per heavy atom. The smallest absolute Gasteiger partial charge is 0.134 e. The molecule has 0 aliphatic heterocycles. The van der Waals surface area contributed by atoms with E-state index in [4.69, 9.17) is 24.7 Å². The topological polar surface area (TPSA) is 62.9 Å². The van der Waals surface area contributed by atoms with Crippen LogP contribution in [0, 0.1) is 0 Å². The summed E-state index contributed by atoms with van der Waals surface area (Å²) in [5, 5.41) is 0. The first-order chi connectivity index (χ1) is 8.23. The molecule has 5 nitrogen and oxygen atoms in total. The molecule has 0 spiro atoms. The normalized spacial score (nSPS) is 12.0. The fourth-order valence-electron chi connectivity index (χ4n) is 1.38. The zero-order valence-corrected chi connectivity index (χ0v) is 10.4. The number of hydrogen-bond donors (Lipinski definition) is 1. The molecule has 1 atom stereocenters. The van der Waals surface area contributed by atoms with Crippen molar-refractivity contribution in [2.75, 3.05) is 34.5 Å². The minimum absolute atomic E-state index is 0.184. The molecule has 0 amide bonds. The fourth-order valence-corrected chi connectivity index (χ4v) is 1.38. The summed E-state index contributed by atoms with van der Waals surface area (Å²) in [5.74, 6) is 1.99. The summed E-state index contributed by atoms with van der Waals surface area (Å²) >= 11 is 0. The first-order valence-corrected chi connectivity index (χ1v) is 5.32. The summed E-state index contributed by atoms with van der Waals surface area (Å²) in [6, 6.07) is 5.34. The van der Waals surface area contributed by atoms with Crippen LogP contribution in [-0.4, -0.2) is 40.6 Å². The number of hydrogen-bond acceptors (Lipinski definition) is 5. The molecule has 0 saturated heterocycles. The van der Waals surface area contributed by atoms with Gasteiger partial charge in [-0.05, 0) is 0 Å². The van der Waals surface area contributed by atoms with Crippen molar-refractivity contribution in [1.82, 2.24) is 0 Å². The SMILES string of the molecule is COCC(CN)Oc1cc(OC)cc(OC)c1. The van der Waals surface area contributed by atoms with Crippen LogP contribution in [-0.2, 0) is 4.74 Å². The van der Waals surface area contributed by atoms with Gasteiger partial charge in [0.25, 0.3) is 0 Å². The molecule has 0 bridgehead atoms. The zero-order chi connectivity index (χ0) is 12.7. The van der Waals surface area contributed by atoms with E-state index in [0.29, 0.717) is 30.4 Å². The first-order valence-electron chi connectivity index (χ1n) is 5.32. The Morgan fingerprint density at radius 3 is 1.94 bits per heavy atom. The zero-order valence-electron chi connectivity index (χ0n) is 10.4. The van der Waals surface area contributed by atoms with Crippen molar-refractivity contribution in [2.24, 2.45) is 5.73 Å². The fraction of sp³-hybridized carbons (Fsp3) is 0.500. The van der Waals surface area contributed by atoms with E-state index >= 15 is 0 Å². The second-order valence-corrected chi connectivity index (χ2v) is 3.48. The minimum atomic E-state index is -0.184. The van der Waals surface area contributed by atoms with Gasteiger partial charge in [0.15, 0.2) is 0 Å². The molecule has 0 fully saturated rings. The highest BCUT2D eigenvalue weighted by Crippen LogP contribution is 2.27. The predicted octanol–water partition coefficient (Wildman–Crippen LogP) is 1.06. The lowest BCUT2D eigenvalue weighted by Crippen LogP contribution is -2.31. The number of rotatable bonds is 7. The molecule has 5 heteroatoms. The molecule has 0 radical (unpaired) electrons. The highest BCUT2D eigenvalue weighted by atomic mass is 16.5. The second kappa shape index (κ2) is 6.98. The summed E-state index contributed by atoms with van der Waals surface area (Å²) in [6.45, 7) is 0.823. The van der Waals surface area contributed by atoms with Crippen LogP contribution in [0.15, 0.2) is 18.2 Å². The van der Waals surface area contributed by atoms with Crippen molar-refractivity contribution in [2.45, 2.75) is 6.10 Å². The van der Waals surface area contributed by atoms with Crippen LogP contribution in [0.5, 0.6) is 17.2 Å². The highest BCUT2D eigenvalue weighted by molar-refractivity contribution is 5.42. The van der Waals surface area contributed by atoms with Crippen LogP contribution in [0.25, 0.3) is 0 Å². The Kier molecular flexibility index (Phi) is 5.59. The van der Waals surface area contributed by atoms with Gasteiger partial charge in [-0.25, -0.2) is 0 Å². The van der Waals surface area contributed by atoms with E-state index in [2.05, 4.69) is 0 Å². The van der Waals surface area contributed by atoms with E-state index in [1.807, 2.05) is 0 Å². The number of nitrogens with two attached hydrogens (primary N) is 1. The van der Waals surface area contributed by atoms with Crippen LogP contribution in [0.1, 0.15) is 0 Å². The molecule has 0 aliphatic rings. The van der Waals surface area contributed by atoms with Gasteiger partial charge in [-0.1, -0.05) is 0 Å². The van der Waals surface area contributed by atoms with E-state index in [-0.39, 0.29) is 6.10 Å². The molecule has 1 aromatic carbocycles. The number of methoxy groups -OCH3 is 3. The van der Waals surface area contributed by atoms with Crippen molar-refractivity contribution in [3.8, 4) is 17.2 Å². The summed E-state index contributed by atoms with van der Waals surface area (Å²) in [7, 11) is 4.79. The average molecular weight is 241 g/mol. The minimum Gasteiger partial charge on any atom is -0.496 e. The standard InChI is InChI=1S/C12H19NO4/c1-14-8-12(7-13)17-11-5-9(15-2)4-10(6-11)16-3/h4-6,12H,7-8,13H2,1-3H3. The summed E-state index contributed by atoms with van der Waals surface area (Å²) in [5.41, 5.74) is 5.58. The quantitative estimate of drug-likeness (QED) is 0.773. The van der Waals surface area contributed by atoms with Gasteiger partial charge < -0.3 is 24.7 Å². The van der Waals surface area contributed by atoms with Crippen molar-refractivity contribution < 1.29 is 18.9 Å². The maximum atomic E-state index is 5.68. The van der Waals surface area contributed by atoms with Crippen molar-refractivity contribution in [1.29, 1.82) is 0 Å². The van der Waals surface area contributed by atoms with Gasteiger partial charge in [0.1, 0.15) is 23.4 Å². The van der Waals surface area contributed by atoms with Crippen LogP contribution >= 0.6 is 0 Å². The van der Waals surface area contributed by atoms with Gasteiger partial charge in [0.2, 0.25) is 0 Å². The molecule has 2 N–H and O–H groups in total. The third-order valence-corrected chi connectivity index (χ3v) is 2.24. The molecule has 0 aliphatic carbocycles. The lowest BCUT2D eigenvalue weighted by molar-refractivity contribution is 0.0857. The summed E-state index contributed by atoms with van der Waals surface area (Å²) in [4.78, 5) is 0. The van der Waals surface area contributed by atoms with Crippen LogP contribution in [0.2, 0.25) is 0 Å². The summed E-state index contributed by atoms with van der Waals surface area (Å²) < 4.78 is 21.0. The molecule has 96 valence electrons. The van der Waals surface area contributed by atoms with Gasteiger partial charge in [0.05, 0.1) is 20.8 Å². The highest BCUT2D eigenvalue weighted by Gasteiger charge is 2.10. The molecule has 1 aromatic rings. The second-order valence-electron chi connectivity index (χ2n) is 3.48. The van der Waals surface area contributed by atoms with Crippen LogP contribution < -0.4 is 19.9 Å². The lowest BCUT2D eigenvalue weighted by Gasteiger charge is -2.17. The van der Waals surface area contributed by atoms with Crippen molar-refractivity contribution >= 4 is 0 Å². The molecular weight excluding hydrogens is 222 g/mol. The van der Waals surface area contributed by atoms with E-state index in [9.17, 15) is 0 Å². The third-order valence-electron chi connectivity index (χ3n) is 2.24. The molecule has 1 unspecified atom stereocenters. The van der Waals surface area contributed by atoms with Crippen molar-refractivity contribution in [3.63, 3.8) is 0 Å². The largest absolute Gasteiger partial charge is 0.496 e. The lowest BCUT2D eigenvalue weighted by atomic mass is 10.3. The number of ether oxygens (including phenoxy) is 4. The van der Waals surface area contributed by atoms with Gasteiger partial charge in [0, 0.05) is 31.9 Å². The molecule has 1 rings (SSSR count). The Balaban J connectivity index is 2.81. The van der Waals surface area contributed by atoms with Gasteiger partial charge >= 0.3 is 0 Å². The molecule has 0 saturated carbocycles. The Morgan fingerprint density at radius 2 is 1.53 bits per heavy atom. The molecule has 0 heterocycles. The Labute approximate surface area is 101 Å². The van der Waals surface area contributed by atoms with E-state index in [1.54, 1.807) is 39.5 Å².